The molecule has 0 aliphatic carbocycles. The third-order valence-corrected chi connectivity index (χ3v) is 2.71. The number of aromatic nitrogens is 1. The highest BCUT2D eigenvalue weighted by atomic mass is 79.9. The van der Waals surface area contributed by atoms with Gasteiger partial charge in [-0.2, -0.15) is 5.26 Å². The van der Waals surface area contributed by atoms with Gasteiger partial charge in [-0.05, 0) is 35.0 Å². The number of hydrogen-bond donors (Lipinski definition) is 1. The van der Waals surface area contributed by atoms with Gasteiger partial charge < -0.3 is 10.1 Å². The summed E-state index contributed by atoms with van der Waals surface area (Å²) in [4.78, 5) is 0. The molecule has 0 fully saturated rings. The molecule has 2 N–H and O–H groups in total. The zero-order valence-electron chi connectivity index (χ0n) is 7.58. The van der Waals surface area contributed by atoms with Crippen molar-refractivity contribution in [1.29, 1.82) is 5.26 Å². The van der Waals surface area contributed by atoms with Crippen molar-refractivity contribution in [3.63, 3.8) is 0 Å². The van der Waals surface area contributed by atoms with Crippen LogP contribution in [0.3, 0.4) is 0 Å². The minimum atomic E-state index is 0.616. The number of hydrogen-bond acceptors (Lipinski definition) is 2. The molecule has 0 bridgehead atoms. The first-order valence-electron chi connectivity index (χ1n) is 4.10. The van der Waals surface area contributed by atoms with E-state index in [2.05, 4.69) is 22.0 Å². The number of nitrogens with two attached hydrogens (primary N) is 1. The summed E-state index contributed by atoms with van der Waals surface area (Å²) >= 11 is 3.37. The Morgan fingerprint density at radius 2 is 2.21 bits per heavy atom. The lowest BCUT2D eigenvalue weighted by Gasteiger charge is -2.05. The van der Waals surface area contributed by atoms with Gasteiger partial charge in [-0.1, -0.05) is 0 Å². The molecule has 4 heteroatoms. The minimum Gasteiger partial charge on any atom is -0.385 e. The molecule has 0 amide bonds. The maximum Gasteiger partial charge on any atom is 0.112 e. The summed E-state index contributed by atoms with van der Waals surface area (Å²) in [6.45, 7) is 1.85. The minimum absolute atomic E-state index is 0.616. The molecule has 2 aromatic heterocycles. The number of pyridine rings is 1. The Labute approximate surface area is 89.9 Å². The molecular formula is C10H8BrN3. The lowest BCUT2D eigenvalue weighted by Crippen LogP contribution is -2.00. The molecule has 0 spiro atoms. The van der Waals surface area contributed by atoms with E-state index in [9.17, 15) is 0 Å². The SMILES string of the molecule is Cc1c(C#N)cc2cc(Br)cn2c1N. The highest BCUT2D eigenvalue weighted by Gasteiger charge is 2.07. The zero-order chi connectivity index (χ0) is 10.3. The smallest absolute Gasteiger partial charge is 0.112 e. The second kappa shape index (κ2) is 3.03. The quantitative estimate of drug-likeness (QED) is 0.780. The van der Waals surface area contributed by atoms with Crippen LogP contribution in [0.2, 0.25) is 0 Å². The number of nitriles is 1. The van der Waals surface area contributed by atoms with Crippen molar-refractivity contribution in [3.05, 3.63) is 33.9 Å². The summed E-state index contributed by atoms with van der Waals surface area (Å²) in [6, 6.07) is 5.89. The van der Waals surface area contributed by atoms with Gasteiger partial charge in [0.1, 0.15) is 5.82 Å². The number of rotatable bonds is 0. The van der Waals surface area contributed by atoms with Gasteiger partial charge in [0.05, 0.1) is 11.6 Å². The highest BCUT2D eigenvalue weighted by Crippen LogP contribution is 2.23. The van der Waals surface area contributed by atoms with Crippen LogP contribution in [0.15, 0.2) is 22.8 Å². The van der Waals surface area contributed by atoms with Crippen LogP contribution in [0.25, 0.3) is 5.52 Å². The summed E-state index contributed by atoms with van der Waals surface area (Å²) < 4.78 is 2.82. The molecule has 0 unspecified atom stereocenters. The van der Waals surface area contributed by atoms with E-state index in [1.54, 1.807) is 0 Å². The molecule has 0 radical (unpaired) electrons. The van der Waals surface area contributed by atoms with Crippen LogP contribution < -0.4 is 5.73 Å². The second-order valence-corrected chi connectivity index (χ2v) is 4.05. The fourth-order valence-electron chi connectivity index (χ4n) is 1.46. The van der Waals surface area contributed by atoms with Gasteiger partial charge in [0.15, 0.2) is 0 Å². The molecule has 3 nitrogen and oxygen atoms in total. The van der Waals surface area contributed by atoms with Crippen LogP contribution in [0.5, 0.6) is 0 Å². The molecular weight excluding hydrogens is 242 g/mol. The van der Waals surface area contributed by atoms with Crippen LogP contribution in [-0.2, 0) is 0 Å². The van der Waals surface area contributed by atoms with Crippen LogP contribution in [0, 0.1) is 18.3 Å². The Bertz CT molecular complexity index is 548. The number of nitrogen functional groups attached to an aromatic ring is 1. The molecule has 14 heavy (non-hydrogen) atoms. The average Bonchev–Trinajstić information content (AvgIpc) is 2.52. The van der Waals surface area contributed by atoms with Crippen LogP contribution >= 0.6 is 15.9 Å². The third kappa shape index (κ3) is 1.17. The van der Waals surface area contributed by atoms with E-state index in [1.165, 1.54) is 0 Å². The van der Waals surface area contributed by atoms with Crippen molar-refractivity contribution in [2.45, 2.75) is 6.92 Å². The topological polar surface area (TPSA) is 54.2 Å². The molecule has 2 heterocycles. The summed E-state index contributed by atoms with van der Waals surface area (Å²) in [5.74, 6) is 0.616. The molecule has 0 saturated heterocycles. The van der Waals surface area contributed by atoms with Gasteiger partial charge in [-0.15, -0.1) is 0 Å². The van der Waals surface area contributed by atoms with E-state index in [-0.39, 0.29) is 0 Å². The Morgan fingerprint density at radius 3 is 2.86 bits per heavy atom. The van der Waals surface area contributed by atoms with E-state index < -0.39 is 0 Å². The molecule has 0 aliphatic heterocycles. The summed E-state index contributed by atoms with van der Waals surface area (Å²) in [5.41, 5.74) is 8.27. The average molecular weight is 250 g/mol. The predicted octanol–water partition coefficient (Wildman–Crippen LogP) is 2.46. The van der Waals surface area contributed by atoms with Gasteiger partial charge in [0.2, 0.25) is 0 Å². The fourth-order valence-corrected chi connectivity index (χ4v) is 1.90. The number of nitrogens with zero attached hydrogens (tertiary/aromatic N) is 2. The van der Waals surface area contributed by atoms with Gasteiger partial charge in [0, 0.05) is 21.7 Å². The van der Waals surface area contributed by atoms with E-state index >= 15 is 0 Å². The fraction of sp³-hybridized carbons (Fsp3) is 0.100. The number of fused-ring (bicyclic) bond motifs is 1. The summed E-state index contributed by atoms with van der Waals surface area (Å²) in [5, 5.41) is 8.88. The lowest BCUT2D eigenvalue weighted by atomic mass is 10.1. The third-order valence-electron chi connectivity index (χ3n) is 2.28. The Morgan fingerprint density at radius 1 is 1.50 bits per heavy atom. The largest absolute Gasteiger partial charge is 0.385 e. The molecule has 70 valence electrons. The van der Waals surface area contributed by atoms with Crippen molar-refractivity contribution in [2.75, 3.05) is 5.73 Å². The molecule has 0 aromatic carbocycles. The zero-order valence-corrected chi connectivity index (χ0v) is 9.17. The Kier molecular flexibility index (Phi) is 1.97. The van der Waals surface area contributed by atoms with E-state index in [1.807, 2.05) is 29.7 Å². The second-order valence-electron chi connectivity index (χ2n) is 3.13. The summed E-state index contributed by atoms with van der Waals surface area (Å²) in [7, 11) is 0. The summed E-state index contributed by atoms with van der Waals surface area (Å²) in [6.07, 6.45) is 1.89. The van der Waals surface area contributed by atoms with Crippen molar-refractivity contribution < 1.29 is 0 Å². The number of anilines is 1. The monoisotopic (exact) mass is 249 g/mol. The van der Waals surface area contributed by atoms with Crippen LogP contribution in [0.1, 0.15) is 11.1 Å². The van der Waals surface area contributed by atoms with E-state index in [0.717, 1.165) is 15.6 Å². The van der Waals surface area contributed by atoms with Gasteiger partial charge in [0.25, 0.3) is 0 Å². The van der Waals surface area contributed by atoms with Crippen LogP contribution in [0.4, 0.5) is 5.82 Å². The molecule has 2 rings (SSSR count). The van der Waals surface area contributed by atoms with E-state index in [4.69, 9.17) is 11.0 Å². The highest BCUT2D eigenvalue weighted by molar-refractivity contribution is 9.10. The molecule has 0 aliphatic rings. The lowest BCUT2D eigenvalue weighted by molar-refractivity contribution is 1.17. The Balaban J connectivity index is 2.92. The normalized spacial score (nSPS) is 10.4. The molecule has 2 aromatic rings. The van der Waals surface area contributed by atoms with E-state index in [0.29, 0.717) is 11.4 Å². The predicted molar refractivity (Wildman–Crippen MR) is 59.0 cm³/mol. The van der Waals surface area contributed by atoms with Gasteiger partial charge >= 0.3 is 0 Å². The van der Waals surface area contributed by atoms with Crippen molar-refractivity contribution in [2.24, 2.45) is 0 Å². The van der Waals surface area contributed by atoms with Gasteiger partial charge in [-0.3, -0.25) is 0 Å². The van der Waals surface area contributed by atoms with Crippen molar-refractivity contribution in [3.8, 4) is 6.07 Å². The maximum atomic E-state index is 8.88. The van der Waals surface area contributed by atoms with Crippen molar-refractivity contribution in [1.82, 2.24) is 4.40 Å². The molecule has 0 saturated carbocycles. The standard InChI is InChI=1S/C10H8BrN3/c1-6-7(4-12)2-9-3-8(11)5-14(9)10(6)13/h2-3,5H,13H2,1H3. The number of halogens is 1. The van der Waals surface area contributed by atoms with Gasteiger partial charge in [-0.25, -0.2) is 0 Å². The van der Waals surface area contributed by atoms with Crippen molar-refractivity contribution >= 4 is 27.3 Å². The maximum absolute atomic E-state index is 8.88. The first-order valence-corrected chi connectivity index (χ1v) is 4.89. The first kappa shape index (κ1) is 9.10. The Hall–Kier alpha value is -1.47. The molecule has 0 atom stereocenters. The first-order chi connectivity index (χ1) is 6.63. The van der Waals surface area contributed by atoms with Crippen LogP contribution in [-0.4, -0.2) is 4.40 Å².